The van der Waals surface area contributed by atoms with E-state index in [1.807, 2.05) is 18.2 Å². The Morgan fingerprint density at radius 3 is 2.88 bits per heavy atom. The van der Waals surface area contributed by atoms with Crippen molar-refractivity contribution in [1.29, 1.82) is 0 Å². The zero-order chi connectivity index (χ0) is 18.7. The Labute approximate surface area is 157 Å². The first kappa shape index (κ1) is 18.9. The summed E-state index contributed by atoms with van der Waals surface area (Å²) in [4.78, 5) is 9.68. The van der Waals surface area contributed by atoms with Gasteiger partial charge < -0.3 is 10.1 Å². The van der Waals surface area contributed by atoms with Crippen LogP contribution < -0.4 is 10.1 Å². The van der Waals surface area contributed by atoms with Gasteiger partial charge in [0.25, 0.3) is 0 Å². The van der Waals surface area contributed by atoms with Gasteiger partial charge in [-0.15, -0.1) is 0 Å². The van der Waals surface area contributed by atoms with Crippen LogP contribution in [0.4, 0.5) is 19.1 Å². The molecule has 9 heteroatoms. The third-order valence-electron chi connectivity index (χ3n) is 4.19. The number of halogens is 4. The number of rotatable bonds is 5. The number of likely N-dealkylation sites (tertiary alicyclic amines) is 1. The SMILES string of the molecule is COc1ccc(Br)cc1CN1CCC(Nc2nccc(C(F)(F)F)n2)C1. The van der Waals surface area contributed by atoms with E-state index in [4.69, 9.17) is 4.74 Å². The minimum absolute atomic E-state index is 0.00312. The fraction of sp³-hybridized carbons (Fsp3) is 0.412. The number of anilines is 1. The van der Waals surface area contributed by atoms with Crippen LogP contribution in [0.2, 0.25) is 0 Å². The first-order chi connectivity index (χ1) is 12.3. The lowest BCUT2D eigenvalue weighted by atomic mass is 10.2. The molecule has 1 saturated heterocycles. The Hall–Kier alpha value is -1.87. The second kappa shape index (κ2) is 7.79. The Morgan fingerprint density at radius 2 is 2.15 bits per heavy atom. The van der Waals surface area contributed by atoms with Crippen molar-refractivity contribution < 1.29 is 17.9 Å². The van der Waals surface area contributed by atoms with Gasteiger partial charge in [-0.05, 0) is 30.7 Å². The van der Waals surface area contributed by atoms with Crippen LogP contribution in [0.5, 0.6) is 5.75 Å². The molecule has 1 aromatic heterocycles. The van der Waals surface area contributed by atoms with Crippen molar-refractivity contribution >= 4 is 21.9 Å². The fourth-order valence-corrected chi connectivity index (χ4v) is 3.38. The summed E-state index contributed by atoms with van der Waals surface area (Å²) in [6.45, 7) is 2.21. The molecule has 3 rings (SSSR count). The monoisotopic (exact) mass is 430 g/mol. The maximum atomic E-state index is 12.7. The van der Waals surface area contributed by atoms with Gasteiger partial charge in [0.15, 0.2) is 0 Å². The van der Waals surface area contributed by atoms with Crippen LogP contribution in [0.1, 0.15) is 17.7 Å². The zero-order valence-corrected chi connectivity index (χ0v) is 15.6. The molecule has 140 valence electrons. The summed E-state index contributed by atoms with van der Waals surface area (Å²) in [5.74, 6) is 0.817. The van der Waals surface area contributed by atoms with Crippen LogP contribution in [0.3, 0.4) is 0 Å². The summed E-state index contributed by atoms with van der Waals surface area (Å²) in [5.41, 5.74) is 0.113. The first-order valence-electron chi connectivity index (χ1n) is 8.06. The average molecular weight is 431 g/mol. The van der Waals surface area contributed by atoms with Gasteiger partial charge in [0.1, 0.15) is 11.4 Å². The van der Waals surface area contributed by atoms with Crippen molar-refractivity contribution in [1.82, 2.24) is 14.9 Å². The lowest BCUT2D eigenvalue weighted by Gasteiger charge is -2.18. The lowest BCUT2D eigenvalue weighted by Crippen LogP contribution is -2.27. The molecule has 0 saturated carbocycles. The number of hydrogen-bond acceptors (Lipinski definition) is 5. The van der Waals surface area contributed by atoms with Crippen molar-refractivity contribution in [2.45, 2.75) is 25.2 Å². The van der Waals surface area contributed by atoms with E-state index in [0.29, 0.717) is 13.1 Å². The maximum Gasteiger partial charge on any atom is 0.433 e. The molecule has 1 aliphatic rings. The smallest absolute Gasteiger partial charge is 0.433 e. The summed E-state index contributed by atoms with van der Waals surface area (Å²) in [7, 11) is 1.63. The van der Waals surface area contributed by atoms with Crippen LogP contribution >= 0.6 is 15.9 Å². The highest BCUT2D eigenvalue weighted by Crippen LogP contribution is 2.28. The molecule has 1 fully saturated rings. The molecule has 1 aliphatic heterocycles. The Bertz CT molecular complexity index is 772. The molecule has 1 unspecified atom stereocenters. The first-order valence-corrected chi connectivity index (χ1v) is 8.86. The van der Waals surface area contributed by atoms with E-state index in [1.165, 1.54) is 0 Å². The van der Waals surface area contributed by atoms with Gasteiger partial charge in [-0.25, -0.2) is 9.97 Å². The fourth-order valence-electron chi connectivity index (χ4n) is 2.97. The molecule has 1 aromatic carbocycles. The molecule has 0 bridgehead atoms. The van der Waals surface area contributed by atoms with Crippen molar-refractivity contribution in [3.8, 4) is 5.75 Å². The van der Waals surface area contributed by atoms with Crippen LogP contribution in [0.25, 0.3) is 0 Å². The normalized spacial score (nSPS) is 18.1. The van der Waals surface area contributed by atoms with E-state index in [-0.39, 0.29) is 12.0 Å². The molecule has 2 heterocycles. The molecule has 1 N–H and O–H groups in total. The standard InChI is InChI=1S/C17H18BrF3N4O/c1-26-14-3-2-12(18)8-11(14)9-25-7-5-13(10-25)23-16-22-6-4-15(24-16)17(19,20)21/h2-4,6,8,13H,5,7,9-10H2,1H3,(H,22,23,24). The number of nitrogens with zero attached hydrogens (tertiary/aromatic N) is 3. The molecule has 0 amide bonds. The van der Waals surface area contributed by atoms with E-state index in [2.05, 4.69) is 36.1 Å². The summed E-state index contributed by atoms with van der Waals surface area (Å²) < 4.78 is 44.6. The number of hydrogen-bond donors (Lipinski definition) is 1. The second-order valence-electron chi connectivity index (χ2n) is 6.08. The quantitative estimate of drug-likeness (QED) is 0.777. The summed E-state index contributed by atoms with van der Waals surface area (Å²) in [6.07, 6.45) is -2.55. The molecule has 5 nitrogen and oxygen atoms in total. The van der Waals surface area contributed by atoms with Gasteiger partial charge in [0.2, 0.25) is 5.95 Å². The second-order valence-corrected chi connectivity index (χ2v) is 7.00. The maximum absolute atomic E-state index is 12.7. The number of benzene rings is 1. The number of ether oxygens (including phenoxy) is 1. The van der Waals surface area contributed by atoms with Gasteiger partial charge in [0.05, 0.1) is 7.11 Å². The number of alkyl halides is 3. The molecule has 2 aromatic rings. The highest BCUT2D eigenvalue weighted by Gasteiger charge is 2.33. The highest BCUT2D eigenvalue weighted by atomic mass is 79.9. The summed E-state index contributed by atoms with van der Waals surface area (Å²) >= 11 is 3.46. The summed E-state index contributed by atoms with van der Waals surface area (Å²) in [5, 5.41) is 3.00. The van der Waals surface area contributed by atoms with E-state index >= 15 is 0 Å². The number of nitrogens with one attached hydrogen (secondary N) is 1. The van der Waals surface area contributed by atoms with Crippen molar-refractivity contribution in [2.75, 3.05) is 25.5 Å². The van der Waals surface area contributed by atoms with E-state index in [9.17, 15) is 13.2 Å². The topological polar surface area (TPSA) is 50.3 Å². The van der Waals surface area contributed by atoms with E-state index in [0.717, 1.165) is 41.0 Å². The average Bonchev–Trinajstić information content (AvgIpc) is 3.01. The van der Waals surface area contributed by atoms with Crippen molar-refractivity contribution in [3.05, 3.63) is 46.2 Å². The van der Waals surface area contributed by atoms with E-state index in [1.54, 1.807) is 7.11 Å². The lowest BCUT2D eigenvalue weighted by molar-refractivity contribution is -0.141. The molecule has 0 aliphatic carbocycles. The predicted octanol–water partition coefficient (Wildman–Crippen LogP) is 3.95. The summed E-state index contributed by atoms with van der Waals surface area (Å²) in [6, 6.07) is 6.70. The largest absolute Gasteiger partial charge is 0.496 e. The van der Waals surface area contributed by atoms with Crippen LogP contribution in [0.15, 0.2) is 34.9 Å². The van der Waals surface area contributed by atoms with Crippen molar-refractivity contribution in [2.24, 2.45) is 0 Å². The number of aromatic nitrogens is 2. The van der Waals surface area contributed by atoms with Gasteiger partial charge >= 0.3 is 6.18 Å². The highest BCUT2D eigenvalue weighted by molar-refractivity contribution is 9.10. The Kier molecular flexibility index (Phi) is 5.67. The minimum atomic E-state index is -4.47. The predicted molar refractivity (Wildman–Crippen MR) is 95.0 cm³/mol. The van der Waals surface area contributed by atoms with Gasteiger partial charge in [-0.3, -0.25) is 4.90 Å². The molecular formula is C17H18BrF3N4O. The molecule has 0 spiro atoms. The zero-order valence-electron chi connectivity index (χ0n) is 14.1. The third kappa shape index (κ3) is 4.64. The van der Waals surface area contributed by atoms with E-state index < -0.39 is 11.9 Å². The molecular weight excluding hydrogens is 413 g/mol. The number of methoxy groups -OCH3 is 1. The van der Waals surface area contributed by atoms with Crippen LogP contribution in [-0.2, 0) is 12.7 Å². The molecule has 1 atom stereocenters. The third-order valence-corrected chi connectivity index (χ3v) is 4.68. The Balaban J connectivity index is 1.62. The van der Waals surface area contributed by atoms with Crippen molar-refractivity contribution in [3.63, 3.8) is 0 Å². The Morgan fingerprint density at radius 1 is 1.35 bits per heavy atom. The van der Waals surface area contributed by atoms with Crippen LogP contribution in [-0.4, -0.2) is 41.1 Å². The van der Waals surface area contributed by atoms with Gasteiger partial charge in [-0.1, -0.05) is 15.9 Å². The van der Waals surface area contributed by atoms with Gasteiger partial charge in [-0.2, -0.15) is 13.2 Å². The molecule has 0 radical (unpaired) electrons. The van der Waals surface area contributed by atoms with Gasteiger partial charge in [0, 0.05) is 41.9 Å². The van der Waals surface area contributed by atoms with Crippen LogP contribution in [0, 0.1) is 0 Å². The molecule has 26 heavy (non-hydrogen) atoms. The minimum Gasteiger partial charge on any atom is -0.496 e.